The Hall–Kier alpha value is -2.06. The second kappa shape index (κ2) is 8.28. The molecular formula is C19H26N2. The Morgan fingerprint density at radius 1 is 1.33 bits per heavy atom. The summed E-state index contributed by atoms with van der Waals surface area (Å²) in [6.45, 7) is 14.5. The van der Waals surface area contributed by atoms with Gasteiger partial charge in [0.15, 0.2) is 0 Å². The van der Waals surface area contributed by atoms with E-state index in [1.54, 1.807) is 6.20 Å². The number of anilines is 1. The first-order valence-electron chi connectivity index (χ1n) is 7.27. The standard InChI is InChI=1S/C19H26N2/c1-6-14(3)10-18(11-15(4)13-20)17-9-8-16(5)19(12-17)21-7-2/h7-12,21H,2,4,6,13,20H2,1,3,5H3/b14-10-,18-11+. The predicted molar refractivity (Wildman–Crippen MR) is 95.2 cm³/mol. The van der Waals surface area contributed by atoms with Crippen LogP contribution in [0.15, 0.2) is 60.9 Å². The van der Waals surface area contributed by atoms with Crippen molar-refractivity contribution < 1.29 is 0 Å². The molecule has 0 bridgehead atoms. The van der Waals surface area contributed by atoms with E-state index in [2.05, 4.69) is 69.6 Å². The van der Waals surface area contributed by atoms with Gasteiger partial charge in [-0.2, -0.15) is 0 Å². The zero-order chi connectivity index (χ0) is 15.8. The summed E-state index contributed by atoms with van der Waals surface area (Å²) in [6, 6.07) is 6.36. The Morgan fingerprint density at radius 3 is 2.62 bits per heavy atom. The van der Waals surface area contributed by atoms with Gasteiger partial charge in [0, 0.05) is 12.2 Å². The van der Waals surface area contributed by atoms with Crippen molar-refractivity contribution in [2.24, 2.45) is 5.73 Å². The highest BCUT2D eigenvalue weighted by atomic mass is 14.8. The van der Waals surface area contributed by atoms with Crippen LogP contribution in [0.1, 0.15) is 31.4 Å². The lowest BCUT2D eigenvalue weighted by molar-refractivity contribution is 1.10. The highest BCUT2D eigenvalue weighted by Gasteiger charge is 2.04. The van der Waals surface area contributed by atoms with E-state index in [4.69, 9.17) is 5.73 Å². The maximum atomic E-state index is 5.67. The fourth-order valence-corrected chi connectivity index (χ4v) is 1.92. The third kappa shape index (κ3) is 5.09. The van der Waals surface area contributed by atoms with Gasteiger partial charge in [-0.25, -0.2) is 0 Å². The molecule has 0 amide bonds. The van der Waals surface area contributed by atoms with Gasteiger partial charge in [-0.1, -0.05) is 49.9 Å². The number of nitrogens with two attached hydrogens (primary N) is 1. The van der Waals surface area contributed by atoms with E-state index in [9.17, 15) is 0 Å². The van der Waals surface area contributed by atoms with Crippen LogP contribution in [0, 0.1) is 6.92 Å². The summed E-state index contributed by atoms with van der Waals surface area (Å²) < 4.78 is 0. The lowest BCUT2D eigenvalue weighted by atomic mass is 9.98. The molecule has 0 aliphatic heterocycles. The molecule has 2 nitrogen and oxygen atoms in total. The molecule has 0 fully saturated rings. The lowest BCUT2D eigenvalue weighted by Crippen LogP contribution is -2.00. The van der Waals surface area contributed by atoms with Gasteiger partial charge in [0.2, 0.25) is 0 Å². The van der Waals surface area contributed by atoms with E-state index in [-0.39, 0.29) is 0 Å². The van der Waals surface area contributed by atoms with Gasteiger partial charge >= 0.3 is 0 Å². The second-order valence-corrected chi connectivity index (χ2v) is 5.18. The highest BCUT2D eigenvalue weighted by molar-refractivity contribution is 5.79. The summed E-state index contributed by atoms with van der Waals surface area (Å²) in [5.74, 6) is 0. The topological polar surface area (TPSA) is 38.0 Å². The Kier molecular flexibility index (Phi) is 6.70. The van der Waals surface area contributed by atoms with Gasteiger partial charge in [-0.05, 0) is 54.8 Å². The van der Waals surface area contributed by atoms with Crippen LogP contribution < -0.4 is 11.1 Å². The van der Waals surface area contributed by atoms with E-state index in [0.29, 0.717) is 6.54 Å². The third-order valence-corrected chi connectivity index (χ3v) is 3.41. The summed E-state index contributed by atoms with van der Waals surface area (Å²) in [5, 5.41) is 3.17. The van der Waals surface area contributed by atoms with E-state index < -0.39 is 0 Å². The molecule has 0 saturated heterocycles. The van der Waals surface area contributed by atoms with Crippen LogP contribution in [0.25, 0.3) is 5.57 Å². The molecular weight excluding hydrogens is 256 g/mol. The zero-order valence-electron chi connectivity index (χ0n) is 13.4. The van der Waals surface area contributed by atoms with Crippen molar-refractivity contribution in [1.82, 2.24) is 0 Å². The first-order chi connectivity index (χ1) is 10.0. The van der Waals surface area contributed by atoms with Gasteiger partial charge in [-0.15, -0.1) is 0 Å². The van der Waals surface area contributed by atoms with E-state index in [0.717, 1.165) is 28.8 Å². The molecule has 1 aromatic carbocycles. The van der Waals surface area contributed by atoms with Crippen LogP contribution in [-0.4, -0.2) is 6.54 Å². The molecule has 0 saturated carbocycles. The van der Waals surface area contributed by atoms with E-state index in [1.807, 2.05) is 0 Å². The molecule has 0 atom stereocenters. The smallest absolute Gasteiger partial charge is 0.0415 e. The predicted octanol–water partition coefficient (Wildman–Crippen LogP) is 4.81. The van der Waals surface area contributed by atoms with Crippen LogP contribution >= 0.6 is 0 Å². The molecule has 2 heteroatoms. The molecule has 0 spiro atoms. The first-order valence-corrected chi connectivity index (χ1v) is 7.27. The van der Waals surface area contributed by atoms with Crippen molar-refractivity contribution in [2.45, 2.75) is 27.2 Å². The minimum absolute atomic E-state index is 0.464. The number of allylic oxidation sites excluding steroid dienone is 3. The number of benzene rings is 1. The summed E-state index contributed by atoms with van der Waals surface area (Å²) in [7, 11) is 0. The van der Waals surface area contributed by atoms with Crippen molar-refractivity contribution in [3.05, 3.63) is 72.0 Å². The molecule has 0 unspecified atom stereocenters. The van der Waals surface area contributed by atoms with Crippen molar-refractivity contribution in [3.8, 4) is 0 Å². The SMILES string of the molecule is C=CNc1cc(C(/C=C(/C)CC)=C/C(=C)CN)ccc1C. The summed E-state index contributed by atoms with van der Waals surface area (Å²) in [6.07, 6.45) is 6.97. The number of hydrogen-bond acceptors (Lipinski definition) is 2. The number of rotatable bonds is 7. The van der Waals surface area contributed by atoms with Gasteiger partial charge < -0.3 is 11.1 Å². The Labute approximate surface area is 128 Å². The Balaban J connectivity index is 3.32. The van der Waals surface area contributed by atoms with Gasteiger partial charge in [0.25, 0.3) is 0 Å². The summed E-state index contributed by atoms with van der Waals surface area (Å²) in [4.78, 5) is 0. The third-order valence-electron chi connectivity index (χ3n) is 3.41. The molecule has 112 valence electrons. The van der Waals surface area contributed by atoms with Crippen molar-refractivity contribution in [1.29, 1.82) is 0 Å². The van der Waals surface area contributed by atoms with Gasteiger partial charge in [-0.3, -0.25) is 0 Å². The van der Waals surface area contributed by atoms with Gasteiger partial charge in [0.1, 0.15) is 0 Å². The van der Waals surface area contributed by atoms with E-state index in [1.165, 1.54) is 11.1 Å². The van der Waals surface area contributed by atoms with Crippen LogP contribution in [0.5, 0.6) is 0 Å². The average molecular weight is 282 g/mol. The maximum Gasteiger partial charge on any atom is 0.0415 e. The molecule has 0 radical (unpaired) electrons. The first kappa shape index (κ1) is 17.0. The quantitative estimate of drug-likeness (QED) is 0.705. The molecule has 3 N–H and O–H groups in total. The summed E-state index contributed by atoms with van der Waals surface area (Å²) in [5.41, 5.74) is 12.5. The lowest BCUT2D eigenvalue weighted by Gasteiger charge is -2.11. The molecule has 1 aromatic rings. The van der Waals surface area contributed by atoms with Crippen molar-refractivity contribution in [2.75, 3.05) is 11.9 Å². The van der Waals surface area contributed by atoms with E-state index >= 15 is 0 Å². The number of aryl methyl sites for hydroxylation is 1. The normalized spacial score (nSPS) is 12.2. The van der Waals surface area contributed by atoms with Crippen LogP contribution in [0.4, 0.5) is 5.69 Å². The van der Waals surface area contributed by atoms with Gasteiger partial charge in [0.05, 0.1) is 0 Å². The largest absolute Gasteiger partial charge is 0.362 e. The Morgan fingerprint density at radius 2 is 2.05 bits per heavy atom. The van der Waals surface area contributed by atoms with Crippen LogP contribution in [0.2, 0.25) is 0 Å². The van der Waals surface area contributed by atoms with Crippen LogP contribution in [0.3, 0.4) is 0 Å². The van der Waals surface area contributed by atoms with Crippen LogP contribution in [-0.2, 0) is 0 Å². The fraction of sp³-hybridized carbons (Fsp3) is 0.263. The number of nitrogens with one attached hydrogen (secondary N) is 1. The highest BCUT2D eigenvalue weighted by Crippen LogP contribution is 2.25. The monoisotopic (exact) mass is 282 g/mol. The summed E-state index contributed by atoms with van der Waals surface area (Å²) >= 11 is 0. The zero-order valence-corrected chi connectivity index (χ0v) is 13.4. The molecule has 0 aromatic heterocycles. The van der Waals surface area contributed by atoms with Crippen molar-refractivity contribution in [3.63, 3.8) is 0 Å². The average Bonchev–Trinajstić information content (AvgIpc) is 2.48. The maximum absolute atomic E-state index is 5.67. The second-order valence-electron chi connectivity index (χ2n) is 5.18. The minimum Gasteiger partial charge on any atom is -0.362 e. The molecule has 21 heavy (non-hydrogen) atoms. The molecule has 0 aliphatic carbocycles. The molecule has 0 aliphatic rings. The molecule has 0 heterocycles. The minimum atomic E-state index is 0.464. The number of hydrogen-bond donors (Lipinski definition) is 2. The fourth-order valence-electron chi connectivity index (χ4n) is 1.92. The Bertz CT molecular complexity index is 577. The molecule has 1 rings (SSSR count). The van der Waals surface area contributed by atoms with Crippen molar-refractivity contribution >= 4 is 11.3 Å².